The number of hydrogen-bond acceptors (Lipinski definition) is 4. The maximum absolute atomic E-state index is 5.86. The van der Waals surface area contributed by atoms with Gasteiger partial charge in [0.05, 0.1) is 7.11 Å². The first-order valence-corrected chi connectivity index (χ1v) is 8.79. The molecule has 0 radical (unpaired) electrons. The molecule has 0 spiro atoms. The molecule has 0 aliphatic carbocycles. The van der Waals surface area contributed by atoms with Gasteiger partial charge in [-0.1, -0.05) is 0 Å². The zero-order valence-corrected chi connectivity index (χ0v) is 14.0. The van der Waals surface area contributed by atoms with Crippen LogP contribution in [0.25, 0.3) is 0 Å². The maximum atomic E-state index is 5.86. The van der Waals surface area contributed by atoms with Crippen LogP contribution in [0.1, 0.15) is 37.8 Å². The molecule has 0 amide bonds. The summed E-state index contributed by atoms with van der Waals surface area (Å²) in [4.78, 5) is 0. The fraction of sp³-hybridized carbons (Fsp3) is 0.647. The minimum atomic E-state index is 0.279. The van der Waals surface area contributed by atoms with E-state index in [-0.39, 0.29) is 6.10 Å². The highest BCUT2D eigenvalue weighted by Crippen LogP contribution is 2.38. The molecule has 1 aromatic rings. The van der Waals surface area contributed by atoms with Gasteiger partial charge in [0.1, 0.15) is 17.6 Å². The molecule has 2 aliphatic heterocycles. The number of nitrogens with one attached hydrogen (secondary N) is 1. The molecule has 116 valence electrons. The first kappa shape index (κ1) is 15.0. The third-order valence-electron chi connectivity index (χ3n) is 4.41. The molecule has 1 saturated heterocycles. The number of fused-ring (bicyclic) bond motifs is 1. The van der Waals surface area contributed by atoms with Crippen molar-refractivity contribution in [2.45, 2.75) is 50.5 Å². The first-order chi connectivity index (χ1) is 10.1. The van der Waals surface area contributed by atoms with E-state index in [0.717, 1.165) is 31.0 Å². The molecule has 0 bridgehead atoms. The van der Waals surface area contributed by atoms with Crippen molar-refractivity contribution in [1.82, 2.24) is 5.32 Å². The van der Waals surface area contributed by atoms with E-state index in [1.807, 2.05) is 0 Å². The van der Waals surface area contributed by atoms with Crippen LogP contribution in [0.5, 0.6) is 11.5 Å². The summed E-state index contributed by atoms with van der Waals surface area (Å²) in [7, 11) is 1.75. The van der Waals surface area contributed by atoms with E-state index in [1.165, 1.54) is 29.7 Å². The molecule has 1 N–H and O–H groups in total. The summed E-state index contributed by atoms with van der Waals surface area (Å²) < 4.78 is 11.8. The second-order valence-corrected chi connectivity index (χ2v) is 8.09. The normalized spacial score (nSPS) is 27.5. The average Bonchev–Trinajstić information content (AvgIpc) is 3.03. The van der Waals surface area contributed by atoms with Crippen LogP contribution >= 0.6 is 11.8 Å². The van der Waals surface area contributed by atoms with Gasteiger partial charge in [-0.3, -0.25) is 0 Å². The third kappa shape index (κ3) is 3.32. The fourth-order valence-electron chi connectivity index (χ4n) is 3.25. The van der Waals surface area contributed by atoms with Gasteiger partial charge >= 0.3 is 0 Å². The van der Waals surface area contributed by atoms with E-state index in [4.69, 9.17) is 9.47 Å². The molecule has 3 rings (SSSR count). The van der Waals surface area contributed by atoms with Crippen molar-refractivity contribution in [3.8, 4) is 11.5 Å². The Balaban J connectivity index is 1.66. The summed E-state index contributed by atoms with van der Waals surface area (Å²) in [5.41, 5.74) is 2.46. The summed E-state index contributed by atoms with van der Waals surface area (Å²) in [5, 5.41) is 3.60. The third-order valence-corrected chi connectivity index (χ3v) is 5.95. The van der Waals surface area contributed by atoms with Gasteiger partial charge in [0.15, 0.2) is 0 Å². The lowest BCUT2D eigenvalue weighted by atomic mass is 10.0. The van der Waals surface area contributed by atoms with Crippen molar-refractivity contribution in [1.29, 1.82) is 0 Å². The van der Waals surface area contributed by atoms with Crippen molar-refractivity contribution in [2.24, 2.45) is 0 Å². The number of rotatable bonds is 5. The molecule has 21 heavy (non-hydrogen) atoms. The van der Waals surface area contributed by atoms with Crippen molar-refractivity contribution in [3.05, 3.63) is 23.3 Å². The van der Waals surface area contributed by atoms with Gasteiger partial charge in [-0.25, -0.2) is 0 Å². The molecule has 3 nitrogen and oxygen atoms in total. The Hall–Kier alpha value is -0.870. The first-order valence-electron chi connectivity index (χ1n) is 7.81. The highest BCUT2D eigenvalue weighted by molar-refractivity contribution is 8.00. The zero-order chi connectivity index (χ0) is 14.9. The van der Waals surface area contributed by atoms with E-state index in [0.29, 0.717) is 4.75 Å². The lowest BCUT2D eigenvalue weighted by Crippen LogP contribution is -2.32. The molecule has 0 saturated carbocycles. The van der Waals surface area contributed by atoms with Crippen LogP contribution in [0.3, 0.4) is 0 Å². The molecule has 1 aromatic carbocycles. The quantitative estimate of drug-likeness (QED) is 0.903. The van der Waals surface area contributed by atoms with Gasteiger partial charge in [-0.05, 0) is 44.6 Å². The van der Waals surface area contributed by atoms with E-state index in [1.54, 1.807) is 7.11 Å². The summed E-state index contributed by atoms with van der Waals surface area (Å²) in [5.74, 6) is 3.30. The van der Waals surface area contributed by atoms with Crippen LogP contribution in [-0.4, -0.2) is 30.3 Å². The number of thioether (sulfide) groups is 1. The van der Waals surface area contributed by atoms with Crippen LogP contribution in [0.15, 0.2) is 12.1 Å². The highest BCUT2D eigenvalue weighted by atomic mass is 32.2. The standard InChI is InChI=1S/C17H25NO2S/c1-12-7-13-8-15(19-3)14(9-16(13)20-12)10-18-11-17(2)5-4-6-21-17/h8-9,12,18H,4-7,10-11H2,1-3H3. The Morgan fingerprint density at radius 1 is 1.48 bits per heavy atom. The van der Waals surface area contributed by atoms with Crippen LogP contribution in [0.2, 0.25) is 0 Å². The summed E-state index contributed by atoms with van der Waals surface area (Å²) in [6.07, 6.45) is 3.92. The van der Waals surface area contributed by atoms with Gasteiger partial charge < -0.3 is 14.8 Å². The fourth-order valence-corrected chi connectivity index (χ4v) is 4.52. The molecule has 4 heteroatoms. The molecule has 1 fully saturated rings. The van der Waals surface area contributed by atoms with Gasteiger partial charge in [-0.15, -0.1) is 0 Å². The van der Waals surface area contributed by atoms with Crippen molar-refractivity contribution >= 4 is 11.8 Å². The van der Waals surface area contributed by atoms with Gasteiger partial charge in [0.25, 0.3) is 0 Å². The van der Waals surface area contributed by atoms with Gasteiger partial charge in [-0.2, -0.15) is 11.8 Å². The van der Waals surface area contributed by atoms with Crippen LogP contribution in [0, 0.1) is 0 Å². The second kappa shape index (κ2) is 6.09. The summed E-state index contributed by atoms with van der Waals surface area (Å²) in [6, 6.07) is 4.29. The van der Waals surface area contributed by atoms with Crippen molar-refractivity contribution in [2.75, 3.05) is 19.4 Å². The second-order valence-electron chi connectivity index (χ2n) is 6.41. The monoisotopic (exact) mass is 307 g/mol. The smallest absolute Gasteiger partial charge is 0.123 e. The Kier molecular flexibility index (Phi) is 4.36. The molecular weight excluding hydrogens is 282 g/mol. The minimum Gasteiger partial charge on any atom is -0.496 e. The van der Waals surface area contributed by atoms with Gasteiger partial charge in [0, 0.05) is 35.4 Å². The van der Waals surface area contributed by atoms with E-state index in [2.05, 4.69) is 43.1 Å². The molecule has 2 heterocycles. The Morgan fingerprint density at radius 2 is 2.33 bits per heavy atom. The van der Waals surface area contributed by atoms with Crippen LogP contribution in [0.4, 0.5) is 0 Å². The van der Waals surface area contributed by atoms with E-state index < -0.39 is 0 Å². The SMILES string of the molecule is COc1cc2c(cc1CNCC1(C)CCCS1)OC(C)C2. The molecular formula is C17H25NO2S. The number of ether oxygens (including phenoxy) is 2. The summed E-state index contributed by atoms with van der Waals surface area (Å²) >= 11 is 2.09. The molecule has 2 atom stereocenters. The van der Waals surface area contributed by atoms with Crippen molar-refractivity contribution < 1.29 is 9.47 Å². The van der Waals surface area contributed by atoms with E-state index >= 15 is 0 Å². The molecule has 2 unspecified atom stereocenters. The van der Waals surface area contributed by atoms with Crippen LogP contribution in [-0.2, 0) is 13.0 Å². The number of hydrogen-bond donors (Lipinski definition) is 1. The minimum absolute atomic E-state index is 0.279. The number of methoxy groups -OCH3 is 1. The molecule has 0 aromatic heterocycles. The van der Waals surface area contributed by atoms with E-state index in [9.17, 15) is 0 Å². The Labute approximate surface area is 131 Å². The van der Waals surface area contributed by atoms with Crippen LogP contribution < -0.4 is 14.8 Å². The Bertz CT molecular complexity index is 512. The summed E-state index contributed by atoms with van der Waals surface area (Å²) in [6.45, 7) is 6.37. The number of benzene rings is 1. The molecule has 2 aliphatic rings. The lowest BCUT2D eigenvalue weighted by molar-refractivity contribution is 0.254. The predicted octanol–water partition coefficient (Wildman–Crippen LogP) is 3.39. The highest BCUT2D eigenvalue weighted by Gasteiger charge is 2.29. The zero-order valence-electron chi connectivity index (χ0n) is 13.2. The average molecular weight is 307 g/mol. The largest absolute Gasteiger partial charge is 0.496 e. The van der Waals surface area contributed by atoms with Gasteiger partial charge in [0.2, 0.25) is 0 Å². The van der Waals surface area contributed by atoms with Crippen molar-refractivity contribution in [3.63, 3.8) is 0 Å². The Morgan fingerprint density at radius 3 is 3.05 bits per heavy atom. The lowest BCUT2D eigenvalue weighted by Gasteiger charge is -2.23. The maximum Gasteiger partial charge on any atom is 0.123 e. The predicted molar refractivity (Wildman–Crippen MR) is 88.6 cm³/mol. The topological polar surface area (TPSA) is 30.5 Å².